The van der Waals surface area contributed by atoms with E-state index in [1.54, 1.807) is 24.1 Å². The predicted octanol–water partition coefficient (Wildman–Crippen LogP) is 5.15. The van der Waals surface area contributed by atoms with Gasteiger partial charge < -0.3 is 9.47 Å². The highest BCUT2D eigenvalue weighted by Crippen LogP contribution is 2.33. The Morgan fingerprint density at radius 2 is 1.96 bits per heavy atom. The van der Waals surface area contributed by atoms with Gasteiger partial charge in [0.25, 0.3) is 5.91 Å². The molecule has 0 unspecified atom stereocenters. The van der Waals surface area contributed by atoms with Crippen molar-refractivity contribution in [3.63, 3.8) is 0 Å². The first-order valence-corrected chi connectivity index (χ1v) is 9.92. The highest BCUT2D eigenvalue weighted by atomic mass is 35.5. The quantitative estimate of drug-likeness (QED) is 0.478. The van der Waals surface area contributed by atoms with Gasteiger partial charge in [-0.25, -0.2) is 0 Å². The lowest BCUT2D eigenvalue weighted by Crippen LogP contribution is -2.27. The molecule has 0 atom stereocenters. The van der Waals surface area contributed by atoms with Gasteiger partial charge in [-0.2, -0.15) is 0 Å². The van der Waals surface area contributed by atoms with Crippen LogP contribution in [0, 0.1) is 0 Å². The molecule has 7 heteroatoms. The molecule has 2 aromatic carbocycles. The fourth-order valence-corrected chi connectivity index (χ4v) is 4.13. The molecule has 1 aliphatic heterocycles. The summed E-state index contributed by atoms with van der Waals surface area (Å²) in [6.07, 6.45) is 1.85. The van der Waals surface area contributed by atoms with Crippen molar-refractivity contribution in [3.8, 4) is 11.5 Å². The van der Waals surface area contributed by atoms with E-state index < -0.39 is 0 Å². The largest absolute Gasteiger partial charge is 0.496 e. The second-order valence-electron chi connectivity index (χ2n) is 5.74. The van der Waals surface area contributed by atoms with E-state index in [0.717, 1.165) is 22.6 Å². The SMILES string of the molecule is CCN1C(=O)C(=Cc2ccc(OC)c(COc3ccc(Cl)cc3)c2)SC1=S. The molecule has 1 amide bonds. The van der Waals surface area contributed by atoms with Gasteiger partial charge in [-0.05, 0) is 55.0 Å². The molecule has 1 fully saturated rings. The second kappa shape index (κ2) is 8.78. The van der Waals surface area contributed by atoms with Crippen molar-refractivity contribution < 1.29 is 14.3 Å². The molecule has 27 heavy (non-hydrogen) atoms. The molecule has 0 radical (unpaired) electrons. The van der Waals surface area contributed by atoms with Gasteiger partial charge in [-0.3, -0.25) is 9.69 Å². The van der Waals surface area contributed by atoms with E-state index in [4.69, 9.17) is 33.3 Å². The van der Waals surface area contributed by atoms with Crippen LogP contribution in [-0.4, -0.2) is 28.8 Å². The van der Waals surface area contributed by atoms with Crippen molar-refractivity contribution in [2.75, 3.05) is 13.7 Å². The van der Waals surface area contributed by atoms with E-state index in [1.807, 2.05) is 43.3 Å². The van der Waals surface area contributed by atoms with Gasteiger partial charge in [0.05, 0.1) is 12.0 Å². The first-order valence-electron chi connectivity index (χ1n) is 8.32. The number of methoxy groups -OCH3 is 1. The monoisotopic (exact) mass is 419 g/mol. The molecule has 0 N–H and O–H groups in total. The summed E-state index contributed by atoms with van der Waals surface area (Å²) in [6.45, 7) is 2.82. The molecule has 4 nitrogen and oxygen atoms in total. The van der Waals surface area contributed by atoms with E-state index in [-0.39, 0.29) is 5.91 Å². The summed E-state index contributed by atoms with van der Waals surface area (Å²) in [5.74, 6) is 1.39. The number of likely N-dealkylation sites (N-methyl/N-ethyl adjacent to an activating group) is 1. The molecule has 1 aliphatic rings. The number of carbonyl (C=O) groups excluding carboxylic acids is 1. The van der Waals surface area contributed by atoms with E-state index in [0.29, 0.717) is 27.4 Å². The van der Waals surface area contributed by atoms with Crippen molar-refractivity contribution in [2.45, 2.75) is 13.5 Å². The molecule has 140 valence electrons. The minimum atomic E-state index is -0.0534. The van der Waals surface area contributed by atoms with Crippen LogP contribution < -0.4 is 9.47 Å². The summed E-state index contributed by atoms with van der Waals surface area (Å²) in [7, 11) is 1.62. The Morgan fingerprint density at radius 3 is 2.59 bits per heavy atom. The summed E-state index contributed by atoms with van der Waals surface area (Å²) < 4.78 is 11.8. The Labute approximate surface area is 173 Å². The van der Waals surface area contributed by atoms with Gasteiger partial charge >= 0.3 is 0 Å². The number of amides is 1. The maximum absolute atomic E-state index is 12.4. The van der Waals surface area contributed by atoms with E-state index >= 15 is 0 Å². The average Bonchev–Trinajstić information content (AvgIpc) is 2.94. The number of rotatable bonds is 6. The Bertz CT molecular complexity index is 897. The van der Waals surface area contributed by atoms with Crippen LogP contribution in [0.5, 0.6) is 11.5 Å². The fourth-order valence-electron chi connectivity index (χ4n) is 2.62. The van der Waals surface area contributed by atoms with Crippen LogP contribution in [0.4, 0.5) is 0 Å². The number of halogens is 1. The summed E-state index contributed by atoms with van der Waals surface area (Å²) >= 11 is 12.5. The third-order valence-corrected chi connectivity index (χ3v) is 5.63. The lowest BCUT2D eigenvalue weighted by Gasteiger charge is -2.12. The Balaban J connectivity index is 1.81. The first-order chi connectivity index (χ1) is 13.0. The lowest BCUT2D eigenvalue weighted by molar-refractivity contribution is -0.121. The third-order valence-electron chi connectivity index (χ3n) is 4.00. The maximum Gasteiger partial charge on any atom is 0.266 e. The number of hydrogen-bond donors (Lipinski definition) is 0. The number of benzene rings is 2. The number of thiocarbonyl (C=S) groups is 1. The van der Waals surface area contributed by atoms with Gasteiger partial charge in [-0.1, -0.05) is 41.6 Å². The standard InChI is InChI=1S/C20H18ClNO3S2/c1-3-22-19(23)18(27-20(22)26)11-13-4-9-17(24-2)14(10-13)12-25-16-7-5-15(21)6-8-16/h4-11H,3,12H2,1-2H3. The molecule has 0 bridgehead atoms. The van der Waals surface area contributed by atoms with Crippen molar-refractivity contribution >= 4 is 51.9 Å². The molecule has 0 aromatic heterocycles. The predicted molar refractivity (Wildman–Crippen MR) is 114 cm³/mol. The highest BCUT2D eigenvalue weighted by Gasteiger charge is 2.30. The van der Waals surface area contributed by atoms with Crippen molar-refractivity contribution in [2.24, 2.45) is 0 Å². The van der Waals surface area contributed by atoms with Gasteiger partial charge in [0.15, 0.2) is 0 Å². The smallest absolute Gasteiger partial charge is 0.266 e. The topological polar surface area (TPSA) is 38.8 Å². The minimum absolute atomic E-state index is 0.0534. The minimum Gasteiger partial charge on any atom is -0.496 e. The molecule has 0 spiro atoms. The van der Waals surface area contributed by atoms with Crippen LogP contribution in [0.25, 0.3) is 6.08 Å². The molecular formula is C20H18ClNO3S2. The summed E-state index contributed by atoms with van der Waals surface area (Å²) in [5.41, 5.74) is 1.77. The fraction of sp³-hybridized carbons (Fsp3) is 0.200. The van der Waals surface area contributed by atoms with Crippen LogP contribution in [-0.2, 0) is 11.4 Å². The highest BCUT2D eigenvalue weighted by molar-refractivity contribution is 8.26. The molecule has 1 saturated heterocycles. The molecule has 2 aromatic rings. The Kier molecular flexibility index (Phi) is 6.42. The number of thioether (sulfide) groups is 1. The zero-order chi connectivity index (χ0) is 19.4. The van der Waals surface area contributed by atoms with E-state index in [9.17, 15) is 4.79 Å². The Hall–Kier alpha value is -2.02. The zero-order valence-electron chi connectivity index (χ0n) is 14.9. The van der Waals surface area contributed by atoms with Gasteiger partial charge in [0.1, 0.15) is 22.4 Å². The third kappa shape index (κ3) is 4.64. The van der Waals surface area contributed by atoms with E-state index in [2.05, 4.69) is 0 Å². The van der Waals surface area contributed by atoms with Crippen molar-refractivity contribution in [3.05, 3.63) is 63.5 Å². The molecule has 0 saturated carbocycles. The molecule has 3 rings (SSSR count). The normalized spacial score (nSPS) is 15.5. The number of carbonyl (C=O) groups is 1. The second-order valence-corrected chi connectivity index (χ2v) is 7.85. The van der Waals surface area contributed by atoms with Gasteiger partial charge in [-0.15, -0.1) is 0 Å². The van der Waals surface area contributed by atoms with Crippen LogP contribution in [0.15, 0.2) is 47.4 Å². The average molecular weight is 420 g/mol. The van der Waals surface area contributed by atoms with Crippen molar-refractivity contribution in [1.29, 1.82) is 0 Å². The van der Waals surface area contributed by atoms with Gasteiger partial charge in [0.2, 0.25) is 0 Å². The molecular weight excluding hydrogens is 402 g/mol. The lowest BCUT2D eigenvalue weighted by atomic mass is 10.1. The van der Waals surface area contributed by atoms with E-state index in [1.165, 1.54) is 11.8 Å². The first kappa shape index (κ1) is 19.7. The molecule has 1 heterocycles. The summed E-state index contributed by atoms with van der Waals surface area (Å²) in [5, 5.41) is 0.659. The van der Waals surface area contributed by atoms with Crippen LogP contribution in [0.3, 0.4) is 0 Å². The van der Waals surface area contributed by atoms with Crippen LogP contribution >= 0.6 is 35.6 Å². The summed E-state index contributed by atoms with van der Waals surface area (Å²) in [4.78, 5) is 14.6. The number of hydrogen-bond acceptors (Lipinski definition) is 5. The Morgan fingerprint density at radius 1 is 1.22 bits per heavy atom. The summed E-state index contributed by atoms with van der Waals surface area (Å²) in [6, 6.07) is 12.9. The maximum atomic E-state index is 12.4. The van der Waals surface area contributed by atoms with Crippen LogP contribution in [0.1, 0.15) is 18.1 Å². The zero-order valence-corrected chi connectivity index (χ0v) is 17.3. The molecule has 0 aliphatic carbocycles. The van der Waals surface area contributed by atoms with Gasteiger partial charge in [0, 0.05) is 17.1 Å². The van der Waals surface area contributed by atoms with Crippen LogP contribution in [0.2, 0.25) is 5.02 Å². The van der Waals surface area contributed by atoms with Crippen molar-refractivity contribution in [1.82, 2.24) is 4.90 Å². The number of ether oxygens (including phenoxy) is 2. The number of nitrogens with zero attached hydrogens (tertiary/aromatic N) is 1.